The Morgan fingerprint density at radius 2 is 1.96 bits per heavy atom. The topological polar surface area (TPSA) is 41.9 Å². The second-order valence-corrected chi connectivity index (χ2v) is 7.28. The van der Waals surface area contributed by atoms with Crippen LogP contribution >= 0.6 is 11.8 Å². The molecule has 0 aliphatic carbocycles. The third-order valence-corrected chi connectivity index (χ3v) is 4.79. The summed E-state index contributed by atoms with van der Waals surface area (Å²) in [5, 5.41) is 0.593. The van der Waals surface area contributed by atoms with Gasteiger partial charge in [0.2, 0.25) is 0 Å². The van der Waals surface area contributed by atoms with Crippen molar-refractivity contribution in [2.45, 2.75) is 26.9 Å². The molecule has 1 heterocycles. The van der Waals surface area contributed by atoms with E-state index < -0.39 is 0 Å². The Kier molecular flexibility index (Phi) is 5.96. The number of likely N-dealkylation sites (N-methyl/N-ethyl adjacent to an activating group) is 1. The predicted molar refractivity (Wildman–Crippen MR) is 109 cm³/mol. The number of nitrogens with zero attached hydrogens (tertiary/aromatic N) is 2. The Labute approximate surface area is 162 Å². The number of ether oxygens (including phenoxy) is 1. The van der Waals surface area contributed by atoms with Crippen molar-refractivity contribution >= 4 is 34.6 Å². The minimum absolute atomic E-state index is 0.0837. The maximum atomic E-state index is 13.1. The summed E-state index contributed by atoms with van der Waals surface area (Å²) in [4.78, 5) is 19.4. The van der Waals surface area contributed by atoms with Gasteiger partial charge in [-0.05, 0) is 80.6 Å². The van der Waals surface area contributed by atoms with Gasteiger partial charge >= 0.3 is 0 Å². The van der Waals surface area contributed by atoms with Gasteiger partial charge in [-0.2, -0.15) is 0 Å². The zero-order chi connectivity index (χ0) is 19.4. The Morgan fingerprint density at radius 1 is 1.22 bits per heavy atom. The van der Waals surface area contributed by atoms with E-state index in [0.717, 1.165) is 11.3 Å². The van der Waals surface area contributed by atoms with Gasteiger partial charge in [-0.3, -0.25) is 9.69 Å². The van der Waals surface area contributed by atoms with E-state index >= 15 is 0 Å². The smallest absolute Gasteiger partial charge is 0.266 e. The second kappa shape index (κ2) is 8.39. The molecule has 0 atom stereocenters. The van der Waals surface area contributed by atoms with Crippen molar-refractivity contribution in [1.29, 1.82) is 0 Å². The lowest BCUT2D eigenvalue weighted by Gasteiger charge is -2.12. The van der Waals surface area contributed by atoms with Gasteiger partial charge in [-0.25, -0.2) is 9.38 Å². The van der Waals surface area contributed by atoms with Crippen molar-refractivity contribution in [3.8, 4) is 5.75 Å². The van der Waals surface area contributed by atoms with Gasteiger partial charge in [-0.1, -0.05) is 12.1 Å². The molecular weight excluding hydrogens is 363 g/mol. The van der Waals surface area contributed by atoms with Gasteiger partial charge in [0.25, 0.3) is 5.91 Å². The number of carbonyl (C=O) groups is 1. The van der Waals surface area contributed by atoms with E-state index in [4.69, 9.17) is 4.74 Å². The van der Waals surface area contributed by atoms with Crippen LogP contribution in [0.25, 0.3) is 6.08 Å². The summed E-state index contributed by atoms with van der Waals surface area (Å²) in [5.41, 5.74) is 1.50. The first-order chi connectivity index (χ1) is 13.0. The molecule has 0 radical (unpaired) electrons. The molecule has 3 rings (SSSR count). The van der Waals surface area contributed by atoms with E-state index in [-0.39, 0.29) is 17.8 Å². The summed E-state index contributed by atoms with van der Waals surface area (Å²) in [6.45, 7) is 6.36. The standard InChI is InChI=1S/C21H21FN2O2S/c1-4-24-20(25)19(13-15-6-5-7-18(12-15)26-14(2)3)27-21(24)23-17-10-8-16(22)9-11-17/h5-14H,4H2,1-3H3/b19-13+,23-21?. The summed E-state index contributed by atoms with van der Waals surface area (Å²) >= 11 is 1.32. The van der Waals surface area contributed by atoms with Crippen LogP contribution in [-0.4, -0.2) is 28.6 Å². The number of rotatable bonds is 5. The largest absolute Gasteiger partial charge is 0.491 e. The van der Waals surface area contributed by atoms with Crippen molar-refractivity contribution in [2.75, 3.05) is 6.54 Å². The van der Waals surface area contributed by atoms with Crippen LogP contribution < -0.4 is 4.74 Å². The number of thioether (sulfide) groups is 1. The maximum absolute atomic E-state index is 13.1. The zero-order valence-corrected chi connectivity index (χ0v) is 16.3. The SMILES string of the molecule is CCN1C(=O)/C(=C\c2cccc(OC(C)C)c2)SC1=Nc1ccc(F)cc1. The van der Waals surface area contributed by atoms with E-state index in [1.807, 2.05) is 51.1 Å². The lowest BCUT2D eigenvalue weighted by atomic mass is 10.2. The van der Waals surface area contributed by atoms with Gasteiger partial charge in [0.05, 0.1) is 16.7 Å². The summed E-state index contributed by atoms with van der Waals surface area (Å²) in [5.74, 6) is 0.367. The zero-order valence-electron chi connectivity index (χ0n) is 15.5. The predicted octanol–water partition coefficient (Wildman–Crippen LogP) is 5.24. The fourth-order valence-corrected chi connectivity index (χ4v) is 3.66. The van der Waals surface area contributed by atoms with Crippen LogP contribution in [0.1, 0.15) is 26.3 Å². The highest BCUT2D eigenvalue weighted by molar-refractivity contribution is 8.18. The van der Waals surface area contributed by atoms with Crippen LogP contribution in [0.15, 0.2) is 58.4 Å². The van der Waals surface area contributed by atoms with Crippen LogP contribution in [0.2, 0.25) is 0 Å². The van der Waals surface area contributed by atoms with Crippen molar-refractivity contribution in [3.63, 3.8) is 0 Å². The summed E-state index contributed by atoms with van der Waals surface area (Å²) in [6.07, 6.45) is 1.93. The highest BCUT2D eigenvalue weighted by atomic mass is 32.2. The van der Waals surface area contributed by atoms with Crippen LogP contribution in [0.3, 0.4) is 0 Å². The molecule has 1 fully saturated rings. The summed E-state index contributed by atoms with van der Waals surface area (Å²) < 4.78 is 18.8. The van der Waals surface area contributed by atoms with Crippen LogP contribution in [0.4, 0.5) is 10.1 Å². The highest BCUT2D eigenvalue weighted by Gasteiger charge is 2.32. The number of amidine groups is 1. The maximum Gasteiger partial charge on any atom is 0.266 e. The molecule has 1 aliphatic heterocycles. The Balaban J connectivity index is 1.88. The second-order valence-electron chi connectivity index (χ2n) is 6.27. The van der Waals surface area contributed by atoms with E-state index in [2.05, 4.69) is 4.99 Å². The molecule has 2 aromatic carbocycles. The van der Waals surface area contributed by atoms with E-state index in [1.54, 1.807) is 17.0 Å². The molecule has 0 saturated carbocycles. The van der Waals surface area contributed by atoms with Crippen molar-refractivity contribution in [1.82, 2.24) is 4.90 Å². The Morgan fingerprint density at radius 3 is 2.63 bits per heavy atom. The molecule has 0 spiro atoms. The average molecular weight is 384 g/mol. The molecule has 1 amide bonds. The van der Waals surface area contributed by atoms with E-state index in [1.165, 1.54) is 23.9 Å². The number of benzene rings is 2. The van der Waals surface area contributed by atoms with E-state index in [0.29, 0.717) is 22.3 Å². The number of carbonyl (C=O) groups excluding carboxylic acids is 1. The normalized spacial score (nSPS) is 17.4. The molecular formula is C21H21FN2O2S. The first-order valence-corrected chi connectivity index (χ1v) is 9.60. The van der Waals surface area contributed by atoms with Crippen molar-refractivity contribution in [3.05, 3.63) is 64.8 Å². The number of amides is 1. The molecule has 0 unspecified atom stereocenters. The fourth-order valence-electron chi connectivity index (χ4n) is 2.60. The average Bonchev–Trinajstić information content (AvgIpc) is 2.91. The van der Waals surface area contributed by atoms with Gasteiger partial charge in [0, 0.05) is 6.54 Å². The fraction of sp³-hybridized carbons (Fsp3) is 0.238. The summed E-state index contributed by atoms with van der Waals surface area (Å²) in [6, 6.07) is 13.5. The van der Waals surface area contributed by atoms with Crippen LogP contribution in [0, 0.1) is 5.82 Å². The lowest BCUT2D eigenvalue weighted by molar-refractivity contribution is -0.122. The summed E-state index contributed by atoms with van der Waals surface area (Å²) in [7, 11) is 0. The van der Waals surface area contributed by atoms with E-state index in [9.17, 15) is 9.18 Å². The Bertz CT molecular complexity index is 891. The Hall–Kier alpha value is -2.60. The first-order valence-electron chi connectivity index (χ1n) is 8.78. The highest BCUT2D eigenvalue weighted by Crippen LogP contribution is 2.34. The molecule has 1 aliphatic rings. The minimum atomic E-state index is -0.314. The monoisotopic (exact) mass is 384 g/mol. The van der Waals surface area contributed by atoms with Gasteiger partial charge in [-0.15, -0.1) is 0 Å². The van der Waals surface area contributed by atoms with Crippen LogP contribution in [0.5, 0.6) is 5.75 Å². The molecule has 0 N–H and O–H groups in total. The van der Waals surface area contributed by atoms with Crippen molar-refractivity contribution < 1.29 is 13.9 Å². The number of hydrogen-bond acceptors (Lipinski definition) is 4. The third kappa shape index (κ3) is 4.77. The lowest BCUT2D eigenvalue weighted by Crippen LogP contribution is -2.28. The van der Waals surface area contributed by atoms with Crippen molar-refractivity contribution in [2.24, 2.45) is 4.99 Å². The number of aliphatic imine (C=N–C) groups is 1. The van der Waals surface area contributed by atoms with Gasteiger partial charge in [0.1, 0.15) is 11.6 Å². The van der Waals surface area contributed by atoms with Gasteiger partial charge < -0.3 is 4.74 Å². The van der Waals surface area contributed by atoms with Gasteiger partial charge in [0.15, 0.2) is 5.17 Å². The minimum Gasteiger partial charge on any atom is -0.491 e. The molecule has 27 heavy (non-hydrogen) atoms. The molecule has 0 bridgehead atoms. The molecule has 140 valence electrons. The molecule has 6 heteroatoms. The molecule has 2 aromatic rings. The first kappa shape index (κ1) is 19.2. The third-order valence-electron chi connectivity index (χ3n) is 3.78. The number of hydrogen-bond donors (Lipinski definition) is 0. The van der Waals surface area contributed by atoms with Crippen LogP contribution in [-0.2, 0) is 4.79 Å². The number of halogens is 1. The molecule has 4 nitrogen and oxygen atoms in total. The molecule has 1 saturated heterocycles. The quantitative estimate of drug-likeness (QED) is 0.662. The molecule has 0 aromatic heterocycles.